The first kappa shape index (κ1) is 15.4. The fourth-order valence-electron chi connectivity index (χ4n) is 2.22. The molecule has 5 heteroatoms. The number of anilines is 1. The number of hydrogen-bond donors (Lipinski definition) is 2. The molecule has 0 spiro atoms. The van der Waals surface area contributed by atoms with Gasteiger partial charge in [-0.25, -0.2) is 4.79 Å². The van der Waals surface area contributed by atoms with Crippen molar-refractivity contribution < 1.29 is 14.3 Å². The molecule has 2 N–H and O–H groups in total. The zero-order valence-electron chi connectivity index (χ0n) is 12.7. The van der Waals surface area contributed by atoms with Crippen LogP contribution in [0, 0.1) is 11.8 Å². The summed E-state index contributed by atoms with van der Waals surface area (Å²) in [6.07, 6.45) is 1.68. The monoisotopic (exact) mass is 290 g/mol. The van der Waals surface area contributed by atoms with Crippen LogP contribution in [0.2, 0.25) is 0 Å². The number of methoxy groups -OCH3 is 1. The van der Waals surface area contributed by atoms with Gasteiger partial charge < -0.3 is 15.4 Å². The summed E-state index contributed by atoms with van der Waals surface area (Å²) in [7, 11) is 1.39. The molecule has 1 aliphatic rings. The molecule has 1 fully saturated rings. The highest BCUT2D eigenvalue weighted by molar-refractivity contribution is 5.89. The molecule has 1 aromatic carbocycles. The molecule has 1 saturated carbocycles. The third kappa shape index (κ3) is 4.48. The average molecular weight is 290 g/mol. The molecule has 114 valence electrons. The predicted molar refractivity (Wildman–Crippen MR) is 81.0 cm³/mol. The summed E-state index contributed by atoms with van der Waals surface area (Å²) in [5, 5.41) is 5.72. The maximum atomic E-state index is 11.7. The van der Waals surface area contributed by atoms with Crippen LogP contribution in [0.5, 0.6) is 0 Å². The molecule has 5 nitrogen and oxygen atoms in total. The first-order chi connectivity index (χ1) is 9.99. The van der Waals surface area contributed by atoms with Gasteiger partial charge in [0.25, 0.3) is 0 Å². The van der Waals surface area contributed by atoms with Crippen LogP contribution in [0.3, 0.4) is 0 Å². The molecule has 21 heavy (non-hydrogen) atoms. The first-order valence-electron chi connectivity index (χ1n) is 7.24. The SMILES string of the molecule is COC(=O)[C@H](C)Cc1ccc(NC(=O)N[C@H]2C[C@H]2C)cc1. The fourth-order valence-corrected chi connectivity index (χ4v) is 2.22. The number of urea groups is 1. The van der Waals surface area contributed by atoms with Gasteiger partial charge in [-0.15, -0.1) is 0 Å². The number of nitrogens with one attached hydrogen (secondary N) is 2. The van der Waals surface area contributed by atoms with Gasteiger partial charge in [0.2, 0.25) is 0 Å². The second-order valence-electron chi connectivity index (χ2n) is 5.74. The quantitative estimate of drug-likeness (QED) is 0.819. The number of esters is 1. The van der Waals surface area contributed by atoms with Crippen molar-refractivity contribution in [2.75, 3.05) is 12.4 Å². The largest absolute Gasteiger partial charge is 0.469 e. The Labute approximate surface area is 125 Å². The Morgan fingerprint density at radius 2 is 1.95 bits per heavy atom. The van der Waals surface area contributed by atoms with Gasteiger partial charge in [0.15, 0.2) is 0 Å². The van der Waals surface area contributed by atoms with Crippen LogP contribution in [0.15, 0.2) is 24.3 Å². The standard InChI is InChI=1S/C16H22N2O3/c1-10-9-14(10)18-16(20)17-13-6-4-12(5-7-13)8-11(2)15(19)21-3/h4-7,10-11,14H,8-9H2,1-3H3,(H2,17,18,20)/t10-,11-,14+/m1/s1. The number of benzene rings is 1. The molecular weight excluding hydrogens is 268 g/mol. The van der Waals surface area contributed by atoms with Gasteiger partial charge in [0, 0.05) is 11.7 Å². The minimum atomic E-state index is -0.213. The van der Waals surface area contributed by atoms with E-state index in [1.54, 1.807) is 0 Å². The molecule has 0 saturated heterocycles. The molecule has 3 atom stereocenters. The van der Waals surface area contributed by atoms with Gasteiger partial charge in [-0.1, -0.05) is 26.0 Å². The maximum Gasteiger partial charge on any atom is 0.319 e. The van der Waals surface area contributed by atoms with Crippen LogP contribution in [0.25, 0.3) is 0 Å². The molecule has 1 aromatic rings. The molecule has 0 bridgehead atoms. The molecule has 0 heterocycles. The first-order valence-corrected chi connectivity index (χ1v) is 7.24. The smallest absolute Gasteiger partial charge is 0.319 e. The minimum absolute atomic E-state index is 0.167. The molecular formula is C16H22N2O3. The van der Waals surface area contributed by atoms with E-state index < -0.39 is 0 Å². The van der Waals surface area contributed by atoms with E-state index in [1.165, 1.54) is 7.11 Å². The van der Waals surface area contributed by atoms with E-state index >= 15 is 0 Å². The summed E-state index contributed by atoms with van der Waals surface area (Å²) in [6, 6.07) is 7.65. The molecule has 0 aliphatic heterocycles. The molecule has 2 rings (SSSR count). The van der Waals surface area contributed by atoms with Crippen molar-refractivity contribution in [3.63, 3.8) is 0 Å². The van der Waals surface area contributed by atoms with Crippen molar-refractivity contribution in [1.29, 1.82) is 0 Å². The fraction of sp³-hybridized carbons (Fsp3) is 0.500. The molecule has 2 amide bonds. The van der Waals surface area contributed by atoms with E-state index in [0.717, 1.165) is 17.7 Å². The summed E-state index contributed by atoms with van der Waals surface area (Å²) >= 11 is 0. The average Bonchev–Trinajstić information content (AvgIpc) is 3.15. The Bertz CT molecular complexity index is 513. The lowest BCUT2D eigenvalue weighted by molar-refractivity contribution is -0.144. The third-order valence-corrected chi connectivity index (χ3v) is 3.78. The summed E-state index contributed by atoms with van der Waals surface area (Å²) < 4.78 is 4.71. The number of carbonyl (C=O) groups is 2. The highest BCUT2D eigenvalue weighted by Crippen LogP contribution is 2.28. The molecule has 0 aromatic heterocycles. The second kappa shape index (κ2) is 6.61. The molecule has 0 unspecified atom stereocenters. The van der Waals surface area contributed by atoms with Gasteiger partial charge in [-0.3, -0.25) is 4.79 Å². The number of ether oxygens (including phenoxy) is 1. The Hall–Kier alpha value is -2.04. The van der Waals surface area contributed by atoms with Crippen LogP contribution in [-0.4, -0.2) is 25.2 Å². The number of amides is 2. The van der Waals surface area contributed by atoms with Gasteiger partial charge in [0.05, 0.1) is 13.0 Å². The van der Waals surface area contributed by atoms with Crippen molar-refractivity contribution >= 4 is 17.7 Å². The third-order valence-electron chi connectivity index (χ3n) is 3.78. The lowest BCUT2D eigenvalue weighted by Gasteiger charge is -2.10. The van der Waals surface area contributed by atoms with Gasteiger partial charge in [-0.05, 0) is 36.5 Å². The van der Waals surface area contributed by atoms with E-state index in [4.69, 9.17) is 4.74 Å². The summed E-state index contributed by atoms with van der Waals surface area (Å²) in [5.74, 6) is 0.196. The zero-order valence-corrected chi connectivity index (χ0v) is 12.7. The number of carbonyl (C=O) groups excluding carboxylic acids is 2. The van der Waals surface area contributed by atoms with Crippen molar-refractivity contribution in [2.45, 2.75) is 32.7 Å². The maximum absolute atomic E-state index is 11.7. The summed E-state index contributed by atoms with van der Waals surface area (Å²) in [5.41, 5.74) is 1.78. The lowest BCUT2D eigenvalue weighted by atomic mass is 10.0. The van der Waals surface area contributed by atoms with Crippen molar-refractivity contribution in [3.05, 3.63) is 29.8 Å². The van der Waals surface area contributed by atoms with Crippen molar-refractivity contribution in [2.24, 2.45) is 11.8 Å². The van der Waals surface area contributed by atoms with E-state index in [9.17, 15) is 9.59 Å². The predicted octanol–water partition coefficient (Wildman–Crippen LogP) is 2.57. The topological polar surface area (TPSA) is 67.4 Å². The zero-order chi connectivity index (χ0) is 15.4. The van der Waals surface area contributed by atoms with E-state index in [-0.39, 0.29) is 17.9 Å². The molecule has 0 radical (unpaired) electrons. The number of hydrogen-bond acceptors (Lipinski definition) is 3. The van der Waals surface area contributed by atoms with Crippen molar-refractivity contribution in [1.82, 2.24) is 5.32 Å². The summed E-state index contributed by atoms with van der Waals surface area (Å²) in [4.78, 5) is 23.1. The Balaban J connectivity index is 1.83. The van der Waals surface area contributed by atoms with E-state index in [0.29, 0.717) is 18.4 Å². The normalized spacial score (nSPS) is 21.3. The highest BCUT2D eigenvalue weighted by atomic mass is 16.5. The van der Waals surface area contributed by atoms with E-state index in [2.05, 4.69) is 17.6 Å². The van der Waals surface area contributed by atoms with Gasteiger partial charge in [0.1, 0.15) is 0 Å². The second-order valence-corrected chi connectivity index (χ2v) is 5.74. The lowest BCUT2D eigenvalue weighted by Crippen LogP contribution is -2.31. The van der Waals surface area contributed by atoms with Crippen LogP contribution in [0.1, 0.15) is 25.8 Å². The van der Waals surface area contributed by atoms with Crippen LogP contribution >= 0.6 is 0 Å². The minimum Gasteiger partial charge on any atom is -0.469 e. The Morgan fingerprint density at radius 1 is 1.33 bits per heavy atom. The van der Waals surface area contributed by atoms with Gasteiger partial charge in [-0.2, -0.15) is 0 Å². The van der Waals surface area contributed by atoms with Crippen LogP contribution in [0.4, 0.5) is 10.5 Å². The van der Waals surface area contributed by atoms with Crippen LogP contribution < -0.4 is 10.6 Å². The van der Waals surface area contributed by atoms with E-state index in [1.807, 2.05) is 31.2 Å². The van der Waals surface area contributed by atoms with Gasteiger partial charge >= 0.3 is 12.0 Å². The van der Waals surface area contributed by atoms with Crippen LogP contribution in [-0.2, 0) is 16.0 Å². The molecule has 1 aliphatic carbocycles. The Morgan fingerprint density at radius 3 is 2.48 bits per heavy atom. The summed E-state index contributed by atoms with van der Waals surface area (Å²) in [6.45, 7) is 3.95. The van der Waals surface area contributed by atoms with Crippen molar-refractivity contribution in [3.8, 4) is 0 Å². The Kier molecular flexibility index (Phi) is 4.83. The number of rotatable bonds is 5. The highest BCUT2D eigenvalue weighted by Gasteiger charge is 2.33.